The van der Waals surface area contributed by atoms with Crippen molar-refractivity contribution in [3.8, 4) is 0 Å². The molecule has 1 spiro atoms. The summed E-state index contributed by atoms with van der Waals surface area (Å²) in [5, 5.41) is 0. The summed E-state index contributed by atoms with van der Waals surface area (Å²) in [4.78, 5) is 12.6. The van der Waals surface area contributed by atoms with Crippen molar-refractivity contribution in [1.82, 2.24) is 0 Å². The van der Waals surface area contributed by atoms with Gasteiger partial charge in [-0.2, -0.15) is 0 Å². The Morgan fingerprint density at radius 3 is 2.42 bits per heavy atom. The van der Waals surface area contributed by atoms with Gasteiger partial charge in [-0.1, -0.05) is 23.3 Å². The monoisotopic (exact) mass is 336 g/mol. The van der Waals surface area contributed by atoms with Crippen LogP contribution in [-0.4, -0.2) is 32.1 Å². The minimum atomic E-state index is -0.760. The number of rotatable bonds is 7. The number of ether oxygens (including phenoxy) is 3. The van der Waals surface area contributed by atoms with E-state index in [-0.39, 0.29) is 5.97 Å². The summed E-state index contributed by atoms with van der Waals surface area (Å²) in [6, 6.07) is 0. The summed E-state index contributed by atoms with van der Waals surface area (Å²) in [6.07, 6.45) is 10.7. The first-order valence-electron chi connectivity index (χ1n) is 9.11. The van der Waals surface area contributed by atoms with Gasteiger partial charge in [0.2, 0.25) is 0 Å². The molecule has 0 bridgehead atoms. The van der Waals surface area contributed by atoms with Gasteiger partial charge in [0.05, 0.1) is 20.3 Å². The van der Waals surface area contributed by atoms with Crippen molar-refractivity contribution >= 4 is 5.97 Å². The van der Waals surface area contributed by atoms with Gasteiger partial charge in [-0.15, -0.1) is 0 Å². The van der Waals surface area contributed by atoms with E-state index in [0.29, 0.717) is 13.2 Å². The largest absolute Gasteiger partial charge is 0.468 e. The fourth-order valence-electron chi connectivity index (χ4n) is 4.05. The molecule has 0 aromatic rings. The molecule has 0 unspecified atom stereocenters. The maximum absolute atomic E-state index is 12.6. The molecule has 136 valence electrons. The normalized spacial score (nSPS) is 25.9. The molecule has 0 amide bonds. The molecule has 4 nitrogen and oxygen atoms in total. The van der Waals surface area contributed by atoms with Crippen molar-refractivity contribution < 1.29 is 19.0 Å². The van der Waals surface area contributed by atoms with Crippen LogP contribution in [0.2, 0.25) is 0 Å². The molecule has 1 saturated carbocycles. The number of hydrogen-bond acceptors (Lipinski definition) is 4. The first-order chi connectivity index (χ1) is 11.5. The van der Waals surface area contributed by atoms with Crippen LogP contribution in [-0.2, 0) is 19.0 Å². The third-order valence-corrected chi connectivity index (χ3v) is 5.32. The zero-order valence-corrected chi connectivity index (χ0v) is 15.7. The minimum Gasteiger partial charge on any atom is -0.468 e. The van der Waals surface area contributed by atoms with E-state index in [1.807, 2.05) is 0 Å². The molecule has 0 N–H and O–H groups in total. The standard InChI is InChI=1S/C20H32O4/c1-16(2)8-5-9-17(3)10-6-11-19(18(21)22-4)12-7-13-20(19)23-14-15-24-20/h8,10H,5-7,9,11-15H2,1-4H3/b17-10+/t19-/m1/s1. The van der Waals surface area contributed by atoms with E-state index < -0.39 is 11.2 Å². The molecule has 1 atom stereocenters. The lowest BCUT2D eigenvalue weighted by Gasteiger charge is -2.39. The van der Waals surface area contributed by atoms with E-state index in [2.05, 4.69) is 32.9 Å². The molecule has 0 aromatic heterocycles. The number of carbonyl (C=O) groups excluding carboxylic acids is 1. The molecule has 1 saturated heterocycles. The maximum Gasteiger partial charge on any atom is 0.317 e. The minimum absolute atomic E-state index is 0.183. The molecule has 4 heteroatoms. The van der Waals surface area contributed by atoms with Crippen molar-refractivity contribution in [3.63, 3.8) is 0 Å². The molecular weight excluding hydrogens is 304 g/mol. The molecule has 2 rings (SSSR count). The molecule has 2 aliphatic rings. The van der Waals surface area contributed by atoms with Gasteiger partial charge >= 0.3 is 5.97 Å². The van der Waals surface area contributed by atoms with E-state index in [0.717, 1.165) is 44.9 Å². The highest BCUT2D eigenvalue weighted by Crippen LogP contribution is 2.54. The summed E-state index contributed by atoms with van der Waals surface area (Å²) in [5.41, 5.74) is 2.07. The molecule has 0 radical (unpaired) electrons. The quantitative estimate of drug-likeness (QED) is 0.505. The van der Waals surface area contributed by atoms with Crippen LogP contribution in [0.4, 0.5) is 0 Å². The van der Waals surface area contributed by atoms with Crippen LogP contribution < -0.4 is 0 Å². The molecule has 24 heavy (non-hydrogen) atoms. The lowest BCUT2D eigenvalue weighted by atomic mass is 9.76. The predicted molar refractivity (Wildman–Crippen MR) is 94.6 cm³/mol. The number of allylic oxidation sites excluding steroid dienone is 4. The second-order valence-electron chi connectivity index (χ2n) is 7.29. The smallest absolute Gasteiger partial charge is 0.317 e. The lowest BCUT2D eigenvalue weighted by molar-refractivity contribution is -0.232. The van der Waals surface area contributed by atoms with E-state index in [1.54, 1.807) is 0 Å². The first-order valence-corrected chi connectivity index (χ1v) is 9.11. The predicted octanol–water partition coefficient (Wildman–Crippen LogP) is 4.55. The number of esters is 1. The van der Waals surface area contributed by atoms with Gasteiger partial charge in [-0.05, 0) is 59.3 Å². The average Bonchev–Trinajstić information content (AvgIpc) is 3.16. The summed E-state index contributed by atoms with van der Waals surface area (Å²) in [6.45, 7) is 7.55. The van der Waals surface area contributed by atoms with E-state index in [4.69, 9.17) is 14.2 Å². The third kappa shape index (κ3) is 3.92. The maximum atomic E-state index is 12.6. The van der Waals surface area contributed by atoms with Crippen molar-refractivity contribution in [2.24, 2.45) is 5.41 Å². The van der Waals surface area contributed by atoms with Crippen LogP contribution in [0.5, 0.6) is 0 Å². The Kier molecular flexibility index (Phi) is 6.64. The number of carbonyl (C=O) groups is 1. The zero-order valence-electron chi connectivity index (χ0n) is 15.7. The van der Waals surface area contributed by atoms with Gasteiger partial charge < -0.3 is 14.2 Å². The average molecular weight is 336 g/mol. The Bertz CT molecular complexity index is 490. The lowest BCUT2D eigenvalue weighted by Crippen LogP contribution is -2.50. The van der Waals surface area contributed by atoms with Gasteiger partial charge in [-0.25, -0.2) is 0 Å². The zero-order chi connectivity index (χ0) is 17.6. The van der Waals surface area contributed by atoms with E-state index >= 15 is 0 Å². The van der Waals surface area contributed by atoms with Crippen LogP contribution in [0.15, 0.2) is 23.3 Å². The molecule has 1 aliphatic carbocycles. The van der Waals surface area contributed by atoms with Gasteiger partial charge in [0.15, 0.2) is 5.79 Å². The highest BCUT2D eigenvalue weighted by atomic mass is 16.7. The Labute approximate surface area is 146 Å². The van der Waals surface area contributed by atoms with Crippen LogP contribution in [0.25, 0.3) is 0 Å². The van der Waals surface area contributed by atoms with Gasteiger partial charge in [0, 0.05) is 6.42 Å². The van der Waals surface area contributed by atoms with Crippen molar-refractivity contribution in [1.29, 1.82) is 0 Å². The third-order valence-electron chi connectivity index (χ3n) is 5.32. The van der Waals surface area contributed by atoms with Crippen molar-refractivity contribution in [2.45, 2.75) is 71.5 Å². The summed E-state index contributed by atoms with van der Waals surface area (Å²) in [7, 11) is 1.46. The van der Waals surface area contributed by atoms with E-state index in [9.17, 15) is 4.79 Å². The number of methoxy groups -OCH3 is 1. The highest BCUT2D eigenvalue weighted by molar-refractivity contribution is 5.78. The summed E-state index contributed by atoms with van der Waals surface area (Å²) in [5.74, 6) is -0.943. The number of hydrogen-bond donors (Lipinski definition) is 0. The van der Waals surface area contributed by atoms with Crippen LogP contribution in [0.1, 0.15) is 65.7 Å². The molecule has 0 aromatic carbocycles. The second kappa shape index (κ2) is 8.30. The molecule has 1 aliphatic heterocycles. The van der Waals surface area contributed by atoms with Crippen molar-refractivity contribution in [2.75, 3.05) is 20.3 Å². The summed E-state index contributed by atoms with van der Waals surface area (Å²) < 4.78 is 17.0. The Morgan fingerprint density at radius 1 is 1.08 bits per heavy atom. The van der Waals surface area contributed by atoms with Crippen LogP contribution in [0, 0.1) is 5.41 Å². The SMILES string of the molecule is COC(=O)[C@@]1(CC/C=C(\C)CCC=C(C)C)CCCC12OCCO2. The first kappa shape index (κ1) is 19.2. The van der Waals surface area contributed by atoms with Crippen LogP contribution in [0.3, 0.4) is 0 Å². The van der Waals surface area contributed by atoms with E-state index in [1.165, 1.54) is 18.3 Å². The fraction of sp³-hybridized carbons (Fsp3) is 0.750. The highest BCUT2D eigenvalue weighted by Gasteiger charge is 2.63. The Hall–Kier alpha value is -1.13. The Morgan fingerprint density at radius 2 is 1.79 bits per heavy atom. The molecule has 1 heterocycles. The topological polar surface area (TPSA) is 44.8 Å². The second-order valence-corrected chi connectivity index (χ2v) is 7.29. The van der Waals surface area contributed by atoms with Gasteiger partial charge in [-0.3, -0.25) is 4.79 Å². The molecular formula is C20H32O4. The van der Waals surface area contributed by atoms with Gasteiger partial charge in [0.25, 0.3) is 0 Å². The van der Waals surface area contributed by atoms with Crippen molar-refractivity contribution in [3.05, 3.63) is 23.3 Å². The Balaban J connectivity index is 2.03. The van der Waals surface area contributed by atoms with Gasteiger partial charge in [0.1, 0.15) is 5.41 Å². The van der Waals surface area contributed by atoms with Crippen LogP contribution >= 0.6 is 0 Å². The molecule has 2 fully saturated rings. The fourth-order valence-corrected chi connectivity index (χ4v) is 4.05. The summed E-state index contributed by atoms with van der Waals surface area (Å²) >= 11 is 0.